The van der Waals surface area contributed by atoms with E-state index in [1.165, 1.54) is 6.42 Å². The van der Waals surface area contributed by atoms with Crippen LogP contribution in [0.4, 0.5) is 5.69 Å². The van der Waals surface area contributed by atoms with Gasteiger partial charge in [0, 0.05) is 18.0 Å². The minimum atomic E-state index is 0.147. The summed E-state index contributed by atoms with van der Waals surface area (Å²) in [5.41, 5.74) is 2.92. The summed E-state index contributed by atoms with van der Waals surface area (Å²) in [6.45, 7) is 5.16. The van der Waals surface area contributed by atoms with Gasteiger partial charge in [-0.1, -0.05) is 87.8 Å². The molecule has 1 fully saturated rings. The fraction of sp³-hybridized carbons (Fsp3) is 0.440. The first-order valence-electron chi connectivity index (χ1n) is 10.5. The molecule has 0 atom stereocenters. The second kappa shape index (κ2) is 9.97. The molecular formula is C25H30NOS. The summed E-state index contributed by atoms with van der Waals surface area (Å²) >= 11 is 5.82. The number of anilines is 1. The summed E-state index contributed by atoms with van der Waals surface area (Å²) in [6.07, 6.45) is 6.58. The van der Waals surface area contributed by atoms with Gasteiger partial charge in [-0.25, -0.2) is 0 Å². The first kappa shape index (κ1) is 20.7. The molecule has 1 aliphatic carbocycles. The maximum absolute atomic E-state index is 13.5. The van der Waals surface area contributed by atoms with Crippen LogP contribution in [0.25, 0.3) is 0 Å². The number of para-hydroxylation sites is 1. The van der Waals surface area contributed by atoms with Gasteiger partial charge in [-0.05, 0) is 42.9 Å². The predicted octanol–water partition coefficient (Wildman–Crippen LogP) is 6.21. The van der Waals surface area contributed by atoms with Crippen molar-refractivity contribution < 1.29 is 4.79 Å². The molecule has 0 saturated heterocycles. The number of nitrogens with zero attached hydrogens (tertiary/aromatic N) is 1. The van der Waals surface area contributed by atoms with Gasteiger partial charge < -0.3 is 4.90 Å². The van der Waals surface area contributed by atoms with Gasteiger partial charge in [0.2, 0.25) is 5.91 Å². The summed E-state index contributed by atoms with van der Waals surface area (Å²) in [4.78, 5) is 16.3. The molecule has 2 aromatic carbocycles. The van der Waals surface area contributed by atoms with E-state index in [-0.39, 0.29) is 11.8 Å². The van der Waals surface area contributed by atoms with Crippen LogP contribution in [0.1, 0.15) is 63.5 Å². The monoisotopic (exact) mass is 392 g/mol. The highest BCUT2D eigenvalue weighted by Crippen LogP contribution is 2.31. The number of rotatable bonds is 7. The third-order valence-corrected chi connectivity index (χ3v) is 6.03. The molecule has 0 spiro atoms. The topological polar surface area (TPSA) is 20.3 Å². The normalized spacial score (nSPS) is 14.8. The molecule has 3 rings (SSSR count). The predicted molar refractivity (Wildman–Crippen MR) is 121 cm³/mol. The van der Waals surface area contributed by atoms with E-state index in [9.17, 15) is 4.79 Å². The Bertz CT molecular complexity index is 793. The Morgan fingerprint density at radius 2 is 1.79 bits per heavy atom. The fourth-order valence-electron chi connectivity index (χ4n) is 3.90. The summed E-state index contributed by atoms with van der Waals surface area (Å²) in [5, 5.41) is 0. The SMILES string of the molecule is CC(C)CCN(C(=O)C1CCCCC1)c1ccccc1C(=S)c1cc[c]cc1. The zero-order valence-corrected chi connectivity index (χ0v) is 17.8. The third-order valence-electron chi connectivity index (χ3n) is 5.57. The van der Waals surface area contributed by atoms with Gasteiger partial charge in [-0.3, -0.25) is 4.79 Å². The molecule has 1 saturated carbocycles. The van der Waals surface area contributed by atoms with Crippen LogP contribution in [0.3, 0.4) is 0 Å². The lowest BCUT2D eigenvalue weighted by molar-refractivity contribution is -0.123. The van der Waals surface area contributed by atoms with Crippen LogP contribution in [0, 0.1) is 17.9 Å². The Kier molecular flexibility index (Phi) is 7.38. The molecule has 1 amide bonds. The Morgan fingerprint density at radius 1 is 1.11 bits per heavy atom. The van der Waals surface area contributed by atoms with Crippen molar-refractivity contribution in [3.63, 3.8) is 0 Å². The van der Waals surface area contributed by atoms with Crippen molar-refractivity contribution in [1.29, 1.82) is 0 Å². The van der Waals surface area contributed by atoms with Gasteiger partial charge in [-0.15, -0.1) is 0 Å². The molecule has 0 N–H and O–H groups in total. The van der Waals surface area contributed by atoms with Crippen LogP contribution < -0.4 is 4.90 Å². The van der Waals surface area contributed by atoms with E-state index in [4.69, 9.17) is 12.2 Å². The van der Waals surface area contributed by atoms with Gasteiger partial charge in [0.15, 0.2) is 0 Å². The minimum Gasteiger partial charge on any atom is -0.312 e. The average molecular weight is 393 g/mol. The second-order valence-electron chi connectivity index (χ2n) is 8.14. The molecule has 28 heavy (non-hydrogen) atoms. The summed E-state index contributed by atoms with van der Waals surface area (Å²) in [6, 6.07) is 18.9. The zero-order chi connectivity index (χ0) is 19.9. The van der Waals surface area contributed by atoms with Crippen molar-refractivity contribution >= 4 is 28.7 Å². The second-order valence-corrected chi connectivity index (χ2v) is 8.55. The molecule has 0 unspecified atom stereocenters. The van der Waals surface area contributed by atoms with Crippen molar-refractivity contribution in [2.45, 2.75) is 52.4 Å². The van der Waals surface area contributed by atoms with E-state index in [0.29, 0.717) is 5.92 Å². The minimum absolute atomic E-state index is 0.147. The molecule has 147 valence electrons. The Labute approximate surface area is 175 Å². The number of hydrogen-bond acceptors (Lipinski definition) is 2. The summed E-state index contributed by atoms with van der Waals surface area (Å²) < 4.78 is 0. The number of carbonyl (C=O) groups excluding carboxylic acids is 1. The smallest absolute Gasteiger partial charge is 0.230 e. The highest BCUT2D eigenvalue weighted by molar-refractivity contribution is 7.81. The Balaban J connectivity index is 1.95. The highest BCUT2D eigenvalue weighted by atomic mass is 32.1. The van der Waals surface area contributed by atoms with Crippen LogP contribution in [0.15, 0.2) is 48.5 Å². The molecule has 1 aliphatic rings. The van der Waals surface area contributed by atoms with Crippen LogP contribution in [0.5, 0.6) is 0 Å². The zero-order valence-electron chi connectivity index (χ0n) is 17.0. The maximum atomic E-state index is 13.5. The first-order chi connectivity index (χ1) is 13.6. The van der Waals surface area contributed by atoms with Gasteiger partial charge in [-0.2, -0.15) is 0 Å². The number of amides is 1. The van der Waals surface area contributed by atoms with Gasteiger partial charge in [0.25, 0.3) is 0 Å². The first-order valence-corrected chi connectivity index (χ1v) is 10.9. The molecule has 2 nitrogen and oxygen atoms in total. The molecule has 0 aromatic heterocycles. The standard InChI is InChI=1S/C25H30NOS/c1-19(2)17-18-26(25(27)21-13-7-4-8-14-21)23-16-10-9-15-22(23)24(28)20-11-5-3-6-12-20/h5-6,9-12,15-16,19,21H,4,7-8,13-14,17-18H2,1-2H3. The summed E-state index contributed by atoms with van der Waals surface area (Å²) in [7, 11) is 0. The number of hydrogen-bond donors (Lipinski definition) is 0. The van der Waals surface area contributed by atoms with Gasteiger partial charge in [0.1, 0.15) is 0 Å². The molecular weight excluding hydrogens is 362 g/mol. The van der Waals surface area contributed by atoms with Gasteiger partial charge >= 0.3 is 0 Å². The lowest BCUT2D eigenvalue weighted by atomic mass is 9.87. The van der Waals surface area contributed by atoms with Crippen molar-refractivity contribution in [1.82, 2.24) is 0 Å². The largest absolute Gasteiger partial charge is 0.312 e. The van der Waals surface area contributed by atoms with Crippen molar-refractivity contribution in [3.8, 4) is 0 Å². The quantitative estimate of drug-likeness (QED) is 0.412. The highest BCUT2D eigenvalue weighted by Gasteiger charge is 2.28. The average Bonchev–Trinajstić information content (AvgIpc) is 2.74. The summed E-state index contributed by atoms with van der Waals surface area (Å²) in [5.74, 6) is 0.969. The van der Waals surface area contributed by atoms with E-state index < -0.39 is 0 Å². The maximum Gasteiger partial charge on any atom is 0.230 e. The van der Waals surface area contributed by atoms with Crippen molar-refractivity contribution in [3.05, 3.63) is 65.7 Å². The van der Waals surface area contributed by atoms with Crippen LogP contribution >= 0.6 is 12.2 Å². The van der Waals surface area contributed by atoms with Crippen LogP contribution in [-0.4, -0.2) is 17.3 Å². The van der Waals surface area contributed by atoms with Gasteiger partial charge in [0.05, 0.1) is 10.6 Å². The lowest BCUT2D eigenvalue weighted by Crippen LogP contribution is -2.39. The molecule has 0 heterocycles. The molecule has 0 aliphatic heterocycles. The van der Waals surface area contributed by atoms with Crippen molar-refractivity contribution in [2.24, 2.45) is 11.8 Å². The van der Waals surface area contributed by atoms with E-state index in [2.05, 4.69) is 26.0 Å². The van der Waals surface area contributed by atoms with E-state index in [1.807, 2.05) is 47.4 Å². The number of thiocarbonyl (C=S) groups is 1. The van der Waals surface area contributed by atoms with Crippen molar-refractivity contribution in [2.75, 3.05) is 11.4 Å². The lowest BCUT2D eigenvalue weighted by Gasteiger charge is -2.31. The van der Waals surface area contributed by atoms with Crippen LogP contribution in [-0.2, 0) is 4.79 Å². The van der Waals surface area contributed by atoms with E-state index >= 15 is 0 Å². The molecule has 0 bridgehead atoms. The van der Waals surface area contributed by atoms with Crippen LogP contribution in [0.2, 0.25) is 0 Å². The molecule has 3 heteroatoms. The Morgan fingerprint density at radius 3 is 2.46 bits per heavy atom. The van der Waals surface area contributed by atoms with E-state index in [0.717, 1.165) is 60.3 Å². The fourth-order valence-corrected chi connectivity index (χ4v) is 4.21. The molecule has 2 aromatic rings. The van der Waals surface area contributed by atoms with E-state index in [1.54, 1.807) is 0 Å². The third kappa shape index (κ3) is 5.08. The molecule has 1 radical (unpaired) electrons. The number of benzene rings is 2. The number of carbonyl (C=O) groups is 1. The Hall–Kier alpha value is -2.00.